The predicted molar refractivity (Wildman–Crippen MR) is 183 cm³/mol. The number of fused-ring (bicyclic) bond motifs is 2. The van der Waals surface area contributed by atoms with Crippen molar-refractivity contribution in [2.24, 2.45) is 0 Å². The van der Waals surface area contributed by atoms with Gasteiger partial charge < -0.3 is 50.7 Å². The molecule has 48 heavy (non-hydrogen) atoms. The zero-order valence-corrected chi connectivity index (χ0v) is 29.3. The van der Waals surface area contributed by atoms with Gasteiger partial charge in [0.2, 0.25) is 11.9 Å². The summed E-state index contributed by atoms with van der Waals surface area (Å²) in [5.41, 5.74) is 2.35. The average molecular weight is 752 g/mol. The Bertz CT molecular complexity index is 1630. The van der Waals surface area contributed by atoms with Crippen LogP contribution in [0, 0.1) is 0 Å². The first-order chi connectivity index (χ1) is 22.7. The number of hydrogen-bond donors (Lipinski definition) is 8. The van der Waals surface area contributed by atoms with Crippen LogP contribution in [-0.4, -0.2) is 112 Å². The second-order valence-corrected chi connectivity index (χ2v) is 13.8. The molecule has 2 aromatic heterocycles. The van der Waals surface area contributed by atoms with Crippen LogP contribution in [0.5, 0.6) is 0 Å². The van der Waals surface area contributed by atoms with E-state index in [2.05, 4.69) is 20.6 Å². The van der Waals surface area contributed by atoms with Gasteiger partial charge in [-0.1, -0.05) is 46.4 Å². The molecule has 2 fully saturated rings. The molecular weight excluding hydrogens is 714 g/mol. The smallest absolute Gasteiger partial charge is 0.206 e. The Labute approximate surface area is 295 Å². The van der Waals surface area contributed by atoms with Crippen molar-refractivity contribution in [2.75, 3.05) is 23.8 Å². The largest absolute Gasteiger partial charge is 0.394 e. The highest BCUT2D eigenvalue weighted by Gasteiger charge is 2.46. The van der Waals surface area contributed by atoms with E-state index in [0.29, 0.717) is 54.1 Å². The quantitative estimate of drug-likeness (QED) is 0.131. The molecule has 14 nitrogen and oxygen atoms in total. The third-order valence-electron chi connectivity index (χ3n) is 7.84. The summed E-state index contributed by atoms with van der Waals surface area (Å²) in [6.45, 7) is 6.98. The molecule has 0 saturated carbocycles. The van der Waals surface area contributed by atoms with Crippen LogP contribution in [0.25, 0.3) is 22.1 Å². The molecule has 0 spiro atoms. The number of benzene rings is 2. The van der Waals surface area contributed by atoms with E-state index in [4.69, 9.17) is 55.9 Å². The maximum absolute atomic E-state index is 10.4. The molecule has 2 aliphatic rings. The minimum absolute atomic E-state index is 0.0728. The fourth-order valence-electron chi connectivity index (χ4n) is 5.60. The van der Waals surface area contributed by atoms with Gasteiger partial charge in [0.05, 0.1) is 55.4 Å². The molecule has 0 aliphatic carbocycles. The normalized spacial score (nSPS) is 27.3. The number of aromatic nitrogens is 4. The number of aliphatic hydroxyl groups excluding tert-OH is 6. The molecule has 8 atom stereocenters. The molecule has 0 bridgehead atoms. The first kappa shape index (κ1) is 37.1. The number of halogens is 4. The van der Waals surface area contributed by atoms with Crippen molar-refractivity contribution in [2.45, 2.75) is 88.9 Å². The van der Waals surface area contributed by atoms with E-state index in [1.807, 2.05) is 27.7 Å². The van der Waals surface area contributed by atoms with E-state index in [9.17, 15) is 30.6 Å². The van der Waals surface area contributed by atoms with Gasteiger partial charge in [-0.25, -0.2) is 9.97 Å². The van der Waals surface area contributed by atoms with Crippen molar-refractivity contribution in [3.8, 4) is 0 Å². The summed E-state index contributed by atoms with van der Waals surface area (Å²) in [7, 11) is 0. The Kier molecular flexibility index (Phi) is 11.6. The van der Waals surface area contributed by atoms with Crippen LogP contribution >= 0.6 is 46.4 Å². The molecule has 6 rings (SSSR count). The summed E-state index contributed by atoms with van der Waals surface area (Å²) >= 11 is 24.3. The van der Waals surface area contributed by atoms with Crippen LogP contribution in [0.1, 0.15) is 40.2 Å². The minimum atomic E-state index is -1.22. The van der Waals surface area contributed by atoms with Crippen LogP contribution in [0.4, 0.5) is 11.9 Å². The summed E-state index contributed by atoms with van der Waals surface area (Å²) in [4.78, 5) is 8.97. The molecule has 0 amide bonds. The van der Waals surface area contributed by atoms with Crippen molar-refractivity contribution >= 4 is 80.4 Å². The Morgan fingerprint density at radius 1 is 0.625 bits per heavy atom. The Balaban J connectivity index is 0.000000188. The second-order valence-electron chi connectivity index (χ2n) is 12.2. The summed E-state index contributed by atoms with van der Waals surface area (Å²) in [5.74, 6) is 0.904. The number of rotatable bonds is 8. The van der Waals surface area contributed by atoms with Crippen LogP contribution in [0.2, 0.25) is 20.1 Å². The molecular formula is C30H38Cl4N6O8. The van der Waals surface area contributed by atoms with E-state index >= 15 is 0 Å². The van der Waals surface area contributed by atoms with Crippen molar-refractivity contribution in [1.29, 1.82) is 0 Å². The molecule has 4 heterocycles. The number of imidazole rings is 2. The number of nitrogens with one attached hydrogen (secondary N) is 2. The molecule has 2 aromatic carbocycles. The lowest BCUT2D eigenvalue weighted by Crippen LogP contribution is -2.33. The third kappa shape index (κ3) is 7.18. The highest BCUT2D eigenvalue weighted by atomic mass is 35.5. The first-order valence-electron chi connectivity index (χ1n) is 15.2. The molecule has 264 valence electrons. The average Bonchev–Trinajstić information content (AvgIpc) is 3.70. The molecule has 0 unspecified atom stereocenters. The molecule has 18 heteroatoms. The fraction of sp³-hybridized carbons (Fsp3) is 0.533. The molecule has 8 N–H and O–H groups in total. The van der Waals surface area contributed by atoms with Gasteiger partial charge in [0, 0.05) is 12.1 Å². The summed E-state index contributed by atoms with van der Waals surface area (Å²) < 4.78 is 14.5. The van der Waals surface area contributed by atoms with Gasteiger partial charge in [-0.2, -0.15) is 0 Å². The lowest BCUT2D eigenvalue weighted by molar-refractivity contribution is -0.0499. The minimum Gasteiger partial charge on any atom is -0.394 e. The van der Waals surface area contributed by atoms with E-state index in [-0.39, 0.29) is 12.1 Å². The Morgan fingerprint density at radius 2 is 0.958 bits per heavy atom. The lowest BCUT2D eigenvalue weighted by Gasteiger charge is -2.21. The highest BCUT2D eigenvalue weighted by molar-refractivity contribution is 6.43. The monoisotopic (exact) mass is 750 g/mol. The van der Waals surface area contributed by atoms with Crippen LogP contribution < -0.4 is 10.6 Å². The zero-order chi connectivity index (χ0) is 35.2. The van der Waals surface area contributed by atoms with Gasteiger partial charge in [-0.05, 0) is 52.0 Å². The van der Waals surface area contributed by atoms with Gasteiger partial charge in [-0.3, -0.25) is 9.13 Å². The van der Waals surface area contributed by atoms with Crippen molar-refractivity contribution < 1.29 is 40.1 Å². The number of ether oxygens (including phenoxy) is 2. The summed E-state index contributed by atoms with van der Waals surface area (Å²) in [6, 6.07) is 6.66. The number of anilines is 2. The zero-order valence-electron chi connectivity index (χ0n) is 26.3. The maximum Gasteiger partial charge on any atom is 0.206 e. The van der Waals surface area contributed by atoms with Crippen molar-refractivity contribution in [1.82, 2.24) is 19.1 Å². The maximum atomic E-state index is 10.4. The van der Waals surface area contributed by atoms with E-state index in [1.165, 1.54) is 0 Å². The topological polar surface area (TPSA) is 200 Å². The van der Waals surface area contributed by atoms with E-state index in [1.54, 1.807) is 33.4 Å². The van der Waals surface area contributed by atoms with Crippen LogP contribution in [0.15, 0.2) is 24.3 Å². The molecule has 2 saturated heterocycles. The second kappa shape index (κ2) is 15.0. The van der Waals surface area contributed by atoms with Crippen molar-refractivity contribution in [3.05, 3.63) is 44.4 Å². The predicted octanol–water partition coefficient (Wildman–Crippen LogP) is 3.55. The SMILES string of the molecule is CC(C)Nc1nc2cc(Cl)c(Cl)cc2n1[C@H]1O[C@@H](CO)[C@H](O)[C@@H]1O.CC(C)Nc1nc2cc(Cl)c(Cl)cc2n1[C@H]1O[C@@H](CO)[C@H](O)[C@@H]1O. The Hall–Kier alpha value is -2.18. The number of nitrogens with zero attached hydrogens (tertiary/aromatic N) is 4. The summed E-state index contributed by atoms with van der Waals surface area (Å²) in [5, 5.41) is 67.1. The lowest BCUT2D eigenvalue weighted by atomic mass is 10.1. The van der Waals surface area contributed by atoms with E-state index < -0.39 is 62.3 Å². The third-order valence-corrected chi connectivity index (χ3v) is 9.29. The van der Waals surface area contributed by atoms with Crippen LogP contribution in [-0.2, 0) is 9.47 Å². The molecule has 2 aliphatic heterocycles. The van der Waals surface area contributed by atoms with Gasteiger partial charge in [0.1, 0.15) is 36.6 Å². The van der Waals surface area contributed by atoms with Gasteiger partial charge in [0.25, 0.3) is 0 Å². The fourth-order valence-corrected chi connectivity index (χ4v) is 6.23. The van der Waals surface area contributed by atoms with E-state index in [0.717, 1.165) is 0 Å². The molecule has 0 radical (unpaired) electrons. The highest BCUT2D eigenvalue weighted by Crippen LogP contribution is 2.39. The molecule has 4 aromatic rings. The Morgan fingerprint density at radius 3 is 1.25 bits per heavy atom. The standard InChI is InChI=1S/2C15H19Cl2N3O4/c2*1-6(2)18-15-19-9-3-7(16)8(17)4-10(9)20(15)14-13(23)12(22)11(5-21)24-14/h2*3-4,6,11-14,21-23H,5H2,1-2H3,(H,18,19)/t2*11-,12-,13-,14-/m00/s1. The number of aliphatic hydroxyl groups is 6. The van der Waals surface area contributed by atoms with Gasteiger partial charge in [0.15, 0.2) is 12.5 Å². The van der Waals surface area contributed by atoms with Crippen LogP contribution in [0.3, 0.4) is 0 Å². The van der Waals surface area contributed by atoms with Crippen molar-refractivity contribution in [3.63, 3.8) is 0 Å². The first-order valence-corrected chi connectivity index (χ1v) is 16.7. The summed E-state index contributed by atoms with van der Waals surface area (Å²) in [6.07, 6.45) is -8.43. The van der Waals surface area contributed by atoms with Gasteiger partial charge in [-0.15, -0.1) is 0 Å². The van der Waals surface area contributed by atoms with Gasteiger partial charge >= 0.3 is 0 Å². The number of hydrogen-bond acceptors (Lipinski definition) is 12.